The molecule has 0 spiro atoms. The molecule has 72 valence electrons. The molecule has 1 aromatic heterocycles. The average molecular weight is 287 g/mol. The van der Waals surface area contributed by atoms with Crippen LogP contribution in [0.1, 0.15) is 11.4 Å². The fraction of sp³-hybridized carbons (Fsp3) is 0.250. The first-order valence-corrected chi connectivity index (χ1v) is 6.15. The molecule has 1 N–H and O–H groups in total. The summed E-state index contributed by atoms with van der Waals surface area (Å²) in [5.74, 6) is 0. The Kier molecular flexibility index (Phi) is 11.1. The van der Waals surface area contributed by atoms with E-state index in [0.717, 1.165) is 0 Å². The van der Waals surface area contributed by atoms with Crippen molar-refractivity contribution in [3.63, 3.8) is 0 Å². The second-order valence-electron chi connectivity index (χ2n) is 1.98. The van der Waals surface area contributed by atoms with Crippen molar-refractivity contribution >= 4 is 27.4 Å². The van der Waals surface area contributed by atoms with Gasteiger partial charge in [0.1, 0.15) is 0 Å². The summed E-state index contributed by atoms with van der Waals surface area (Å²) < 4.78 is 1.29. The van der Waals surface area contributed by atoms with Gasteiger partial charge < -0.3 is 0 Å². The third kappa shape index (κ3) is 5.72. The Morgan fingerprint density at radius 3 is 1.92 bits per heavy atom. The van der Waals surface area contributed by atoms with Crippen LogP contribution >= 0.6 is 9.69 Å². The molecule has 0 atom stereocenters. The van der Waals surface area contributed by atoms with Gasteiger partial charge >= 0.3 is 66.3 Å². The molecule has 0 aromatic carbocycles. The Balaban J connectivity index is 0. The number of halogens is 1. The minimum absolute atomic E-state index is 0.0946. The maximum Gasteiger partial charge on any atom is 0.281 e. The molecular weight excluding hydrogens is 279 g/mol. The van der Waals surface area contributed by atoms with Crippen molar-refractivity contribution in [1.29, 1.82) is 0 Å². The normalized spacial score (nSPS) is 7.92. The second kappa shape index (κ2) is 9.62. The van der Waals surface area contributed by atoms with E-state index in [9.17, 15) is 0 Å². The number of aromatic amines is 1. The Bertz CT molecular complexity index is 238. The zero-order valence-corrected chi connectivity index (χ0v) is 9.62. The van der Waals surface area contributed by atoms with E-state index in [4.69, 9.17) is 19.3 Å². The van der Waals surface area contributed by atoms with Crippen molar-refractivity contribution in [3.8, 4) is 0 Å². The Labute approximate surface area is 89.5 Å². The van der Waals surface area contributed by atoms with Crippen LogP contribution in [0.15, 0.2) is 6.07 Å². The number of carbonyl (C=O) groups excluding carboxylic acids is 2. The SMILES string of the molecule is Cc1c[c]([Ru][Cl])c(C)[nH]1.[C]=O.[C]=O. The quantitative estimate of drug-likeness (QED) is 0.773. The van der Waals surface area contributed by atoms with Crippen molar-refractivity contribution in [2.24, 2.45) is 0 Å². The summed E-state index contributed by atoms with van der Waals surface area (Å²) in [6, 6.07) is 2.11. The van der Waals surface area contributed by atoms with E-state index in [0.29, 0.717) is 0 Å². The molecule has 0 saturated carbocycles. The Morgan fingerprint density at radius 2 is 1.77 bits per heavy atom. The van der Waals surface area contributed by atoms with Gasteiger partial charge in [0.2, 0.25) is 0 Å². The molecule has 3 nitrogen and oxygen atoms in total. The van der Waals surface area contributed by atoms with Gasteiger partial charge in [0.05, 0.1) is 0 Å². The van der Waals surface area contributed by atoms with Gasteiger partial charge in [-0.2, -0.15) is 0 Å². The van der Waals surface area contributed by atoms with Gasteiger partial charge in [0.25, 0.3) is 13.6 Å². The summed E-state index contributed by atoms with van der Waals surface area (Å²) in [4.78, 5) is 18.2. The van der Waals surface area contributed by atoms with Crippen LogP contribution in [-0.4, -0.2) is 18.6 Å². The van der Waals surface area contributed by atoms with Gasteiger partial charge in [0, 0.05) is 0 Å². The zero-order valence-electron chi connectivity index (χ0n) is 7.13. The average Bonchev–Trinajstić information content (AvgIpc) is 2.51. The van der Waals surface area contributed by atoms with E-state index in [1.165, 1.54) is 15.5 Å². The molecule has 4 radical (unpaired) electrons. The number of nitrogens with one attached hydrogen (secondary N) is 1. The summed E-state index contributed by atoms with van der Waals surface area (Å²) in [5.41, 5.74) is 2.43. The molecule has 1 rings (SSSR count). The molecule has 0 aliphatic carbocycles. The zero-order chi connectivity index (χ0) is 10.9. The van der Waals surface area contributed by atoms with Gasteiger partial charge in [-0.1, -0.05) is 0 Å². The summed E-state index contributed by atoms with van der Waals surface area (Å²) in [5, 5.41) is 0. The summed E-state index contributed by atoms with van der Waals surface area (Å²) in [7, 11) is 5.72. The molecule has 0 unspecified atom stereocenters. The Hall–Kier alpha value is -0.467. The standard InChI is InChI=1S/C6H8N.2CO.ClH.Ru/c1-5-3-4-6(2)7-5;2*1-2;;/h3,7H,1-2H3;;;1H;/q;;;;+1/p-1. The number of rotatable bonds is 1. The monoisotopic (exact) mass is 287 g/mol. The first kappa shape index (κ1) is 15.0. The summed E-state index contributed by atoms with van der Waals surface area (Å²) >= 11 is -0.0946. The van der Waals surface area contributed by atoms with Crippen LogP contribution < -0.4 is 4.16 Å². The van der Waals surface area contributed by atoms with Gasteiger partial charge in [-0.05, 0) is 0 Å². The van der Waals surface area contributed by atoms with Gasteiger partial charge in [-0.25, -0.2) is 0 Å². The number of aromatic nitrogens is 1. The van der Waals surface area contributed by atoms with E-state index in [-0.39, 0.29) is 16.1 Å². The largest absolute Gasteiger partial charge is 0.281 e. The molecule has 1 heterocycles. The molecule has 0 bridgehead atoms. The van der Waals surface area contributed by atoms with E-state index in [1.54, 1.807) is 0 Å². The molecule has 0 amide bonds. The maximum absolute atomic E-state index is 7.50. The molecule has 0 aliphatic rings. The minimum atomic E-state index is -0.0946. The number of H-pyrrole nitrogens is 1. The van der Waals surface area contributed by atoms with Crippen LogP contribution in [0, 0.1) is 13.8 Å². The third-order valence-electron chi connectivity index (χ3n) is 1.15. The third-order valence-corrected chi connectivity index (χ3v) is 3.25. The van der Waals surface area contributed by atoms with Crippen molar-refractivity contribution in [1.82, 2.24) is 4.98 Å². The number of hydrogen-bond donors (Lipinski definition) is 1. The van der Waals surface area contributed by atoms with Crippen LogP contribution in [0.2, 0.25) is 0 Å². The van der Waals surface area contributed by atoms with Gasteiger partial charge in [-0.15, -0.1) is 0 Å². The Morgan fingerprint density at radius 1 is 1.31 bits per heavy atom. The summed E-state index contributed by atoms with van der Waals surface area (Å²) in [6.07, 6.45) is 0. The molecule has 0 saturated heterocycles. The van der Waals surface area contributed by atoms with E-state index < -0.39 is 0 Å². The van der Waals surface area contributed by atoms with Gasteiger partial charge in [0.15, 0.2) is 0 Å². The molecule has 13 heavy (non-hydrogen) atoms. The summed E-state index contributed by atoms with van der Waals surface area (Å²) in [6.45, 7) is 13.1. The number of hydrogen-bond acceptors (Lipinski definition) is 2. The predicted molar refractivity (Wildman–Crippen MR) is 47.1 cm³/mol. The van der Waals surface area contributed by atoms with Crippen molar-refractivity contribution in [3.05, 3.63) is 17.5 Å². The first-order chi connectivity index (χ1) is 6.24. The maximum atomic E-state index is 7.50. The molecule has 0 fully saturated rings. The molecule has 1 aromatic rings. The first-order valence-electron chi connectivity index (χ1n) is 3.05. The molecule has 5 heteroatoms. The fourth-order valence-corrected chi connectivity index (χ4v) is 2.40. The molecule has 0 aliphatic heterocycles. The van der Waals surface area contributed by atoms with Crippen LogP contribution in [0.3, 0.4) is 0 Å². The van der Waals surface area contributed by atoms with Crippen molar-refractivity contribution < 1.29 is 25.7 Å². The van der Waals surface area contributed by atoms with E-state index in [2.05, 4.69) is 31.6 Å². The van der Waals surface area contributed by atoms with Gasteiger partial charge in [-0.3, -0.25) is 9.59 Å². The predicted octanol–water partition coefficient (Wildman–Crippen LogP) is 0.699. The minimum Gasteiger partial charge on any atom is -0.281 e. The van der Waals surface area contributed by atoms with Crippen LogP contribution in [0.25, 0.3) is 0 Å². The topological polar surface area (TPSA) is 49.9 Å². The van der Waals surface area contributed by atoms with Crippen LogP contribution in [0.5, 0.6) is 0 Å². The van der Waals surface area contributed by atoms with E-state index >= 15 is 0 Å². The smallest absolute Gasteiger partial charge is 0.281 e. The van der Waals surface area contributed by atoms with E-state index in [1.807, 2.05) is 6.92 Å². The fourth-order valence-electron chi connectivity index (χ4n) is 0.752. The van der Waals surface area contributed by atoms with Crippen LogP contribution in [-0.2, 0) is 25.7 Å². The number of aryl methyl sites for hydroxylation is 2. The molecular formula is C8H8ClNO2Ru. The second-order valence-corrected chi connectivity index (χ2v) is 4.03. The van der Waals surface area contributed by atoms with Crippen LogP contribution in [0.4, 0.5) is 0 Å². The van der Waals surface area contributed by atoms with Crippen molar-refractivity contribution in [2.75, 3.05) is 0 Å². The van der Waals surface area contributed by atoms with Crippen molar-refractivity contribution in [2.45, 2.75) is 13.8 Å².